The number of ether oxygens (including phenoxy) is 1. The van der Waals surface area contributed by atoms with Gasteiger partial charge < -0.3 is 9.84 Å². The van der Waals surface area contributed by atoms with Crippen molar-refractivity contribution in [1.29, 1.82) is 0 Å². The Hall–Kier alpha value is -2.01. The minimum absolute atomic E-state index is 0.240. The molecule has 0 radical (unpaired) electrons. The van der Waals surface area contributed by atoms with Crippen LogP contribution in [-0.4, -0.2) is 11.5 Å². The van der Waals surface area contributed by atoms with Gasteiger partial charge in [0, 0.05) is 0 Å². The maximum atomic E-state index is 12.3. The summed E-state index contributed by atoms with van der Waals surface area (Å²) in [7, 11) is 0. The van der Waals surface area contributed by atoms with Crippen molar-refractivity contribution in [2.24, 2.45) is 0 Å². The van der Waals surface area contributed by atoms with E-state index in [2.05, 4.69) is 4.74 Å². The third-order valence-electron chi connectivity index (χ3n) is 3.62. The molecule has 1 aliphatic rings. The second-order valence-corrected chi connectivity index (χ2v) is 5.00. The van der Waals surface area contributed by atoms with Gasteiger partial charge in [-0.1, -0.05) is 30.3 Å². The minimum atomic E-state index is -4.70. The minimum Gasteiger partial charge on any atom is -0.406 e. The van der Waals surface area contributed by atoms with E-state index in [1.807, 2.05) is 12.1 Å². The maximum Gasteiger partial charge on any atom is 0.573 e. The van der Waals surface area contributed by atoms with E-state index in [9.17, 15) is 18.3 Å². The maximum absolute atomic E-state index is 12.3. The highest BCUT2D eigenvalue weighted by molar-refractivity contribution is 5.71. The molecule has 1 aliphatic carbocycles. The zero-order chi connectivity index (χ0) is 15.0. The number of halogens is 3. The first kappa shape index (κ1) is 13.9. The van der Waals surface area contributed by atoms with Crippen LogP contribution in [0.2, 0.25) is 0 Å². The van der Waals surface area contributed by atoms with Gasteiger partial charge in [0.2, 0.25) is 0 Å². The molecular weight excluding hydrogens is 281 g/mol. The van der Waals surface area contributed by atoms with Gasteiger partial charge in [-0.25, -0.2) is 0 Å². The molecule has 0 fully saturated rings. The number of aliphatic hydroxyl groups is 1. The Morgan fingerprint density at radius 2 is 1.86 bits per heavy atom. The lowest BCUT2D eigenvalue weighted by Crippen LogP contribution is -2.17. The number of hydrogen-bond donors (Lipinski definition) is 1. The van der Waals surface area contributed by atoms with Gasteiger partial charge in [-0.3, -0.25) is 0 Å². The summed E-state index contributed by atoms with van der Waals surface area (Å²) in [6.07, 6.45) is -3.83. The van der Waals surface area contributed by atoms with E-state index in [1.165, 1.54) is 18.2 Å². The summed E-state index contributed by atoms with van der Waals surface area (Å²) in [5, 5.41) is 9.89. The summed E-state index contributed by atoms with van der Waals surface area (Å²) in [6.45, 7) is 0. The Bertz CT molecular complexity index is 665. The van der Waals surface area contributed by atoms with Crippen molar-refractivity contribution in [3.63, 3.8) is 0 Å². The molecule has 1 atom stereocenters. The van der Waals surface area contributed by atoms with Crippen molar-refractivity contribution in [2.45, 2.75) is 25.3 Å². The van der Waals surface area contributed by atoms with Crippen LogP contribution in [0.5, 0.6) is 5.75 Å². The van der Waals surface area contributed by atoms with Gasteiger partial charge in [0.05, 0.1) is 6.10 Å². The predicted octanol–water partition coefficient (Wildman–Crippen LogP) is 4.23. The fourth-order valence-corrected chi connectivity index (χ4v) is 2.76. The van der Waals surface area contributed by atoms with Crippen LogP contribution in [0.15, 0.2) is 42.5 Å². The number of aliphatic hydroxyl groups excluding tert-OH is 1. The number of alkyl halides is 3. The lowest BCUT2D eigenvalue weighted by molar-refractivity contribution is -0.274. The first-order valence-electron chi connectivity index (χ1n) is 6.60. The summed E-state index contributed by atoms with van der Waals surface area (Å²) < 4.78 is 40.8. The van der Waals surface area contributed by atoms with Crippen molar-refractivity contribution in [1.82, 2.24) is 0 Å². The van der Waals surface area contributed by atoms with Crippen LogP contribution < -0.4 is 4.74 Å². The molecule has 21 heavy (non-hydrogen) atoms. The van der Waals surface area contributed by atoms with Crippen LogP contribution in [-0.2, 0) is 6.42 Å². The molecular formula is C16H13F3O2. The van der Waals surface area contributed by atoms with Gasteiger partial charge in [0.25, 0.3) is 0 Å². The Morgan fingerprint density at radius 1 is 1.10 bits per heavy atom. The van der Waals surface area contributed by atoms with E-state index in [0.29, 0.717) is 12.0 Å². The normalized spacial score (nSPS) is 17.6. The molecule has 0 bridgehead atoms. The van der Waals surface area contributed by atoms with Crippen molar-refractivity contribution in [3.05, 3.63) is 53.6 Å². The average molecular weight is 294 g/mol. The SMILES string of the molecule is OC1CCc2c(-c3cccc(OC(F)(F)F)c3)cccc21. The zero-order valence-corrected chi connectivity index (χ0v) is 11.0. The Morgan fingerprint density at radius 3 is 2.62 bits per heavy atom. The fraction of sp³-hybridized carbons (Fsp3) is 0.250. The molecule has 0 amide bonds. The highest BCUT2D eigenvalue weighted by Crippen LogP contribution is 2.38. The summed E-state index contributed by atoms with van der Waals surface area (Å²) in [5.41, 5.74) is 3.35. The van der Waals surface area contributed by atoms with Crippen LogP contribution >= 0.6 is 0 Å². The Balaban J connectivity index is 2.01. The van der Waals surface area contributed by atoms with Gasteiger partial charge in [-0.05, 0) is 47.2 Å². The van der Waals surface area contributed by atoms with E-state index >= 15 is 0 Å². The zero-order valence-electron chi connectivity index (χ0n) is 11.0. The van der Waals surface area contributed by atoms with Crippen molar-refractivity contribution >= 4 is 0 Å². The molecule has 0 saturated carbocycles. The molecule has 5 heteroatoms. The smallest absolute Gasteiger partial charge is 0.406 e. The van der Waals surface area contributed by atoms with Crippen LogP contribution in [0.1, 0.15) is 23.7 Å². The molecule has 1 unspecified atom stereocenters. The standard InChI is InChI=1S/C16H13F3O2/c17-16(18,19)21-11-4-1-3-10(9-11)12-5-2-6-14-13(12)7-8-15(14)20/h1-6,9,15,20H,7-8H2. The van der Waals surface area contributed by atoms with Gasteiger partial charge in [-0.2, -0.15) is 0 Å². The molecule has 0 aromatic heterocycles. The topological polar surface area (TPSA) is 29.5 Å². The predicted molar refractivity (Wildman–Crippen MR) is 71.8 cm³/mol. The van der Waals surface area contributed by atoms with Crippen LogP contribution in [0.3, 0.4) is 0 Å². The van der Waals surface area contributed by atoms with E-state index < -0.39 is 12.5 Å². The molecule has 0 aliphatic heterocycles. The Kier molecular flexibility index (Phi) is 3.37. The first-order valence-corrected chi connectivity index (χ1v) is 6.60. The van der Waals surface area contributed by atoms with E-state index in [0.717, 1.165) is 23.1 Å². The largest absolute Gasteiger partial charge is 0.573 e. The first-order chi connectivity index (χ1) is 9.94. The summed E-state index contributed by atoms with van der Waals surface area (Å²) in [5.74, 6) is -0.240. The van der Waals surface area contributed by atoms with E-state index in [-0.39, 0.29) is 5.75 Å². The molecule has 3 rings (SSSR count). The second-order valence-electron chi connectivity index (χ2n) is 5.00. The molecule has 2 aromatic rings. The highest BCUT2D eigenvalue weighted by atomic mass is 19.4. The van der Waals surface area contributed by atoms with Crippen LogP contribution in [0, 0.1) is 0 Å². The molecule has 110 valence electrons. The fourth-order valence-electron chi connectivity index (χ4n) is 2.76. The van der Waals surface area contributed by atoms with Crippen LogP contribution in [0.4, 0.5) is 13.2 Å². The summed E-state index contributed by atoms with van der Waals surface area (Å²) in [4.78, 5) is 0. The monoisotopic (exact) mass is 294 g/mol. The number of hydrogen-bond acceptors (Lipinski definition) is 2. The van der Waals surface area contributed by atoms with Gasteiger partial charge in [0.1, 0.15) is 5.75 Å². The van der Waals surface area contributed by atoms with Gasteiger partial charge >= 0.3 is 6.36 Å². The number of fused-ring (bicyclic) bond motifs is 1. The summed E-state index contributed by atoms with van der Waals surface area (Å²) >= 11 is 0. The van der Waals surface area contributed by atoms with E-state index in [4.69, 9.17) is 0 Å². The molecule has 0 spiro atoms. The lowest BCUT2D eigenvalue weighted by Gasteiger charge is -2.12. The van der Waals surface area contributed by atoms with Gasteiger partial charge in [0.15, 0.2) is 0 Å². The Labute approximate surface area is 119 Å². The van der Waals surface area contributed by atoms with Crippen molar-refractivity contribution < 1.29 is 23.0 Å². The number of benzene rings is 2. The lowest BCUT2D eigenvalue weighted by atomic mass is 9.96. The van der Waals surface area contributed by atoms with Crippen LogP contribution in [0.25, 0.3) is 11.1 Å². The second kappa shape index (κ2) is 5.07. The third-order valence-corrected chi connectivity index (χ3v) is 3.62. The molecule has 0 saturated heterocycles. The quantitative estimate of drug-likeness (QED) is 0.898. The number of rotatable bonds is 2. The molecule has 1 N–H and O–H groups in total. The third kappa shape index (κ3) is 2.88. The van der Waals surface area contributed by atoms with Crippen molar-refractivity contribution in [3.8, 4) is 16.9 Å². The molecule has 2 nitrogen and oxygen atoms in total. The molecule has 0 heterocycles. The average Bonchev–Trinajstić information content (AvgIpc) is 2.79. The van der Waals surface area contributed by atoms with Gasteiger partial charge in [-0.15, -0.1) is 13.2 Å². The van der Waals surface area contributed by atoms with Crippen molar-refractivity contribution in [2.75, 3.05) is 0 Å². The van der Waals surface area contributed by atoms with E-state index in [1.54, 1.807) is 12.1 Å². The summed E-state index contributed by atoms with van der Waals surface area (Å²) in [6, 6.07) is 11.4. The molecule has 2 aromatic carbocycles. The highest BCUT2D eigenvalue weighted by Gasteiger charge is 2.31.